The van der Waals surface area contributed by atoms with Crippen LogP contribution in [0.3, 0.4) is 0 Å². The van der Waals surface area contributed by atoms with Gasteiger partial charge in [-0.25, -0.2) is 0 Å². The highest BCUT2D eigenvalue weighted by molar-refractivity contribution is 6.35. The first kappa shape index (κ1) is 17.8. The van der Waals surface area contributed by atoms with Crippen molar-refractivity contribution in [3.05, 3.63) is 0 Å². The molecule has 0 spiro atoms. The van der Waals surface area contributed by atoms with Gasteiger partial charge in [-0.15, -0.1) is 11.6 Å². The summed E-state index contributed by atoms with van der Waals surface area (Å²) in [6.45, 7) is 9.61. The van der Waals surface area contributed by atoms with E-state index >= 15 is 0 Å². The Morgan fingerprint density at radius 2 is 1.60 bits per heavy atom. The van der Waals surface area contributed by atoms with Gasteiger partial charge in [-0.3, -0.25) is 4.79 Å². The molecule has 118 valence electrons. The summed E-state index contributed by atoms with van der Waals surface area (Å²) in [4.78, 5) is 13.3. The molecule has 2 unspecified atom stereocenters. The van der Waals surface area contributed by atoms with Crippen molar-refractivity contribution in [1.82, 2.24) is 4.90 Å². The average molecular weight is 304 g/mol. The van der Waals surface area contributed by atoms with Crippen molar-refractivity contribution in [2.45, 2.75) is 89.8 Å². The van der Waals surface area contributed by atoms with Crippen molar-refractivity contribution >= 4 is 17.5 Å². The zero-order chi connectivity index (χ0) is 15.5. The van der Waals surface area contributed by atoms with Crippen LogP contribution in [0.2, 0.25) is 0 Å². The maximum absolute atomic E-state index is 12.8. The minimum absolute atomic E-state index is 0.0825. The van der Waals surface area contributed by atoms with Crippen LogP contribution in [0.25, 0.3) is 0 Å². The largest absolute Gasteiger partial charge is 0.390 e. The summed E-state index contributed by atoms with van der Waals surface area (Å²) in [5.74, 6) is -0.00128. The highest BCUT2D eigenvalue weighted by Gasteiger charge is 2.45. The Balaban J connectivity index is 2.86. The molecule has 1 rings (SSSR count). The highest BCUT2D eigenvalue weighted by atomic mass is 35.5. The topological polar surface area (TPSA) is 40.5 Å². The molecule has 0 bridgehead atoms. The maximum Gasteiger partial charge on any atom is 0.246 e. The molecule has 1 saturated carbocycles. The van der Waals surface area contributed by atoms with Crippen LogP contribution < -0.4 is 0 Å². The van der Waals surface area contributed by atoms with Gasteiger partial charge in [0.25, 0.3) is 0 Å². The van der Waals surface area contributed by atoms with Crippen LogP contribution in [0.1, 0.15) is 66.7 Å². The third-order valence-electron chi connectivity index (χ3n) is 4.42. The van der Waals surface area contributed by atoms with E-state index in [9.17, 15) is 9.90 Å². The molecule has 20 heavy (non-hydrogen) atoms. The van der Waals surface area contributed by atoms with E-state index in [-0.39, 0.29) is 23.9 Å². The molecule has 1 fully saturated rings. The lowest BCUT2D eigenvalue weighted by Crippen LogP contribution is -2.56. The number of aliphatic hydroxyl groups excluding tert-OH is 1. The van der Waals surface area contributed by atoms with Gasteiger partial charge in [0.2, 0.25) is 5.91 Å². The second-order valence-corrected chi connectivity index (χ2v) is 7.60. The van der Waals surface area contributed by atoms with Crippen molar-refractivity contribution < 1.29 is 9.90 Å². The number of carbonyl (C=O) groups excluding carboxylic acids is 1. The minimum Gasteiger partial charge on any atom is -0.390 e. The summed E-state index contributed by atoms with van der Waals surface area (Å²) in [7, 11) is 0. The number of carbonyl (C=O) groups is 1. The molecule has 0 radical (unpaired) electrons. The minimum atomic E-state index is -1.23. The second-order valence-electron chi connectivity index (χ2n) is 6.82. The Morgan fingerprint density at radius 3 is 2.00 bits per heavy atom. The van der Waals surface area contributed by atoms with Gasteiger partial charge >= 0.3 is 0 Å². The van der Waals surface area contributed by atoms with E-state index in [0.29, 0.717) is 0 Å². The Bertz CT molecular complexity index is 314. The molecule has 1 amide bonds. The molecular formula is C16H30ClNO2. The average Bonchev–Trinajstić information content (AvgIpc) is 2.37. The van der Waals surface area contributed by atoms with Crippen molar-refractivity contribution in [2.75, 3.05) is 0 Å². The summed E-state index contributed by atoms with van der Waals surface area (Å²) in [6.07, 6.45) is 4.65. The van der Waals surface area contributed by atoms with E-state index in [1.54, 1.807) is 11.8 Å². The Labute approximate surface area is 128 Å². The van der Waals surface area contributed by atoms with E-state index in [2.05, 4.69) is 0 Å². The molecule has 0 aromatic heterocycles. The van der Waals surface area contributed by atoms with Crippen molar-refractivity contribution in [2.24, 2.45) is 5.92 Å². The van der Waals surface area contributed by atoms with Gasteiger partial charge < -0.3 is 10.0 Å². The summed E-state index contributed by atoms with van der Waals surface area (Å²) in [6, 6.07) is 0.165. The fourth-order valence-corrected chi connectivity index (χ4v) is 3.61. The molecule has 0 aromatic carbocycles. The molecular weight excluding hydrogens is 274 g/mol. The third-order valence-corrected chi connectivity index (χ3v) is 4.80. The summed E-state index contributed by atoms with van der Waals surface area (Å²) in [5.41, 5.74) is 0. The van der Waals surface area contributed by atoms with Crippen LogP contribution in [0.15, 0.2) is 0 Å². The number of rotatable bonds is 5. The molecule has 0 saturated heterocycles. The first-order chi connectivity index (χ1) is 9.19. The second kappa shape index (κ2) is 7.13. The molecule has 1 aliphatic carbocycles. The standard InChI is InChI=1S/C16H30ClNO2/c1-11(2)18(12(3)4)15(20)16(5,17)14(19)13-9-7-6-8-10-13/h11-14,19H,6-10H2,1-5H3. The van der Waals surface area contributed by atoms with Gasteiger partial charge in [0.05, 0.1) is 6.10 Å². The van der Waals surface area contributed by atoms with Crippen LogP contribution in [-0.2, 0) is 4.79 Å². The Morgan fingerprint density at radius 1 is 1.15 bits per heavy atom. The predicted octanol–water partition coefficient (Wildman–Crippen LogP) is 3.57. The molecule has 0 heterocycles. The summed E-state index contributed by atoms with van der Waals surface area (Å²) >= 11 is 6.51. The molecule has 2 atom stereocenters. The van der Waals surface area contributed by atoms with E-state index in [1.165, 1.54) is 6.42 Å². The van der Waals surface area contributed by atoms with Crippen LogP contribution in [0.5, 0.6) is 0 Å². The number of amides is 1. The summed E-state index contributed by atoms with van der Waals surface area (Å²) in [5, 5.41) is 10.6. The van der Waals surface area contributed by atoms with Gasteiger partial charge in [-0.1, -0.05) is 19.3 Å². The number of alkyl halides is 1. The predicted molar refractivity (Wildman–Crippen MR) is 84.0 cm³/mol. The van der Waals surface area contributed by atoms with Gasteiger partial charge in [0, 0.05) is 12.1 Å². The van der Waals surface area contributed by atoms with E-state index in [4.69, 9.17) is 11.6 Å². The Kier molecular flexibility index (Phi) is 6.33. The van der Waals surface area contributed by atoms with Crippen molar-refractivity contribution in [1.29, 1.82) is 0 Å². The SMILES string of the molecule is CC(C)N(C(=O)C(C)(Cl)C(O)C1CCCCC1)C(C)C. The van der Waals surface area contributed by atoms with Gasteiger partial charge in [0.15, 0.2) is 0 Å². The highest BCUT2D eigenvalue weighted by Crippen LogP contribution is 2.35. The number of nitrogens with zero attached hydrogens (tertiary/aromatic N) is 1. The monoisotopic (exact) mass is 303 g/mol. The fraction of sp³-hybridized carbons (Fsp3) is 0.938. The van der Waals surface area contributed by atoms with E-state index < -0.39 is 11.0 Å². The van der Waals surface area contributed by atoms with Crippen molar-refractivity contribution in [3.8, 4) is 0 Å². The molecule has 3 nitrogen and oxygen atoms in total. The third kappa shape index (κ3) is 3.88. The maximum atomic E-state index is 12.8. The normalized spacial score (nSPS) is 21.9. The molecule has 1 N–H and O–H groups in total. The first-order valence-electron chi connectivity index (χ1n) is 7.89. The number of halogens is 1. The van der Waals surface area contributed by atoms with Crippen LogP contribution in [0, 0.1) is 5.92 Å². The van der Waals surface area contributed by atoms with Gasteiger partial charge in [-0.05, 0) is 53.4 Å². The summed E-state index contributed by atoms with van der Waals surface area (Å²) < 4.78 is 0. The molecule has 0 aliphatic heterocycles. The number of aliphatic hydroxyl groups is 1. The molecule has 4 heteroatoms. The lowest BCUT2D eigenvalue weighted by atomic mass is 9.80. The quantitative estimate of drug-likeness (QED) is 0.789. The van der Waals surface area contributed by atoms with Crippen LogP contribution in [0.4, 0.5) is 0 Å². The van der Waals surface area contributed by atoms with Crippen LogP contribution in [-0.4, -0.2) is 39.0 Å². The zero-order valence-electron chi connectivity index (χ0n) is 13.5. The molecule has 0 aromatic rings. The number of hydrogen-bond acceptors (Lipinski definition) is 2. The zero-order valence-corrected chi connectivity index (χ0v) is 14.3. The van der Waals surface area contributed by atoms with Crippen LogP contribution >= 0.6 is 11.6 Å². The Hall–Kier alpha value is -0.280. The smallest absolute Gasteiger partial charge is 0.246 e. The first-order valence-corrected chi connectivity index (χ1v) is 8.27. The molecule has 1 aliphatic rings. The van der Waals surface area contributed by atoms with E-state index in [1.807, 2.05) is 27.7 Å². The lowest BCUT2D eigenvalue weighted by Gasteiger charge is -2.41. The lowest BCUT2D eigenvalue weighted by molar-refractivity contribution is -0.141. The fourth-order valence-electron chi connectivity index (χ4n) is 3.34. The van der Waals surface area contributed by atoms with Gasteiger partial charge in [-0.2, -0.15) is 0 Å². The van der Waals surface area contributed by atoms with E-state index in [0.717, 1.165) is 25.7 Å². The number of hydrogen-bond donors (Lipinski definition) is 1. The van der Waals surface area contributed by atoms with Gasteiger partial charge in [0.1, 0.15) is 4.87 Å². The van der Waals surface area contributed by atoms with Crippen molar-refractivity contribution in [3.63, 3.8) is 0 Å².